The Morgan fingerprint density at radius 1 is 0.929 bits per heavy atom. The van der Waals surface area contributed by atoms with Gasteiger partial charge in [-0.2, -0.15) is 4.31 Å². The summed E-state index contributed by atoms with van der Waals surface area (Å²) in [6.07, 6.45) is 1.35. The monoisotopic (exact) mass is 426 g/mol. The van der Waals surface area contributed by atoms with Crippen LogP contribution in [0.25, 0.3) is 0 Å². The predicted octanol–water partition coefficient (Wildman–Crippen LogP) is 1.77. The fraction of sp³-hybridized carbons (Fsp3) is 0.389. The largest absolute Gasteiger partial charge is 0.366 e. The number of nitrogens with one attached hydrogen (secondary N) is 2. The highest BCUT2D eigenvalue weighted by molar-refractivity contribution is 7.89. The highest BCUT2D eigenvalue weighted by Crippen LogP contribution is 2.16. The first-order valence-electron chi connectivity index (χ1n) is 8.91. The second-order valence-corrected chi connectivity index (χ2v) is 9.97. The average Bonchev–Trinajstić information content (AvgIpc) is 2.68. The average molecular weight is 427 g/mol. The van der Waals surface area contributed by atoms with Gasteiger partial charge in [-0.3, -0.25) is 0 Å². The summed E-state index contributed by atoms with van der Waals surface area (Å²) in [6.45, 7) is 4.89. The van der Waals surface area contributed by atoms with Gasteiger partial charge in [0.1, 0.15) is 10.7 Å². The molecule has 0 aliphatic rings. The lowest BCUT2D eigenvalue weighted by Crippen LogP contribution is -2.30. The molecular weight excluding hydrogens is 400 g/mol. The summed E-state index contributed by atoms with van der Waals surface area (Å²) < 4.78 is 51.7. The molecule has 0 radical (unpaired) electrons. The van der Waals surface area contributed by atoms with Crippen LogP contribution in [0, 0.1) is 0 Å². The second kappa shape index (κ2) is 9.46. The summed E-state index contributed by atoms with van der Waals surface area (Å²) in [5.41, 5.74) is 1.65. The van der Waals surface area contributed by atoms with Crippen molar-refractivity contribution >= 4 is 25.9 Å². The molecule has 0 bridgehead atoms. The number of rotatable bonds is 10. The van der Waals surface area contributed by atoms with Crippen LogP contribution in [0.2, 0.25) is 0 Å². The number of benzene rings is 1. The van der Waals surface area contributed by atoms with Crippen LogP contribution in [0.3, 0.4) is 0 Å². The molecular formula is C18H26N4O4S2. The lowest BCUT2D eigenvalue weighted by Gasteiger charge is -2.18. The van der Waals surface area contributed by atoms with Crippen molar-refractivity contribution < 1.29 is 16.8 Å². The van der Waals surface area contributed by atoms with Gasteiger partial charge < -0.3 is 5.32 Å². The summed E-state index contributed by atoms with van der Waals surface area (Å²) >= 11 is 0. The van der Waals surface area contributed by atoms with E-state index in [1.807, 2.05) is 12.1 Å². The lowest BCUT2D eigenvalue weighted by atomic mass is 10.1. The number of aromatic nitrogens is 1. The third-order valence-corrected chi connectivity index (χ3v) is 7.61. The normalized spacial score (nSPS) is 12.3. The summed E-state index contributed by atoms with van der Waals surface area (Å²) in [5.74, 6) is 0.488. The summed E-state index contributed by atoms with van der Waals surface area (Å²) in [6, 6.07) is 10.4. The van der Waals surface area contributed by atoms with Crippen molar-refractivity contribution in [2.45, 2.75) is 31.0 Å². The molecule has 0 spiro atoms. The second-order valence-electron chi connectivity index (χ2n) is 6.10. The van der Waals surface area contributed by atoms with Crippen molar-refractivity contribution in [2.75, 3.05) is 25.5 Å². The molecule has 0 fully saturated rings. The van der Waals surface area contributed by atoms with Gasteiger partial charge in [0.25, 0.3) is 0 Å². The Morgan fingerprint density at radius 3 is 2.04 bits per heavy atom. The molecule has 0 unspecified atom stereocenters. The van der Waals surface area contributed by atoms with Crippen molar-refractivity contribution in [3.63, 3.8) is 0 Å². The molecule has 154 valence electrons. The van der Waals surface area contributed by atoms with Crippen LogP contribution in [-0.4, -0.2) is 46.3 Å². The van der Waals surface area contributed by atoms with E-state index >= 15 is 0 Å². The number of hydrogen-bond acceptors (Lipinski definition) is 6. The minimum Gasteiger partial charge on any atom is -0.366 e. The molecule has 10 heteroatoms. The number of anilines is 1. The van der Waals surface area contributed by atoms with Crippen LogP contribution in [0.4, 0.5) is 5.82 Å². The van der Waals surface area contributed by atoms with Gasteiger partial charge in [0, 0.05) is 25.8 Å². The number of hydrogen-bond donors (Lipinski definition) is 2. The van der Waals surface area contributed by atoms with E-state index in [4.69, 9.17) is 0 Å². The van der Waals surface area contributed by atoms with Crippen LogP contribution in [0.15, 0.2) is 47.5 Å². The van der Waals surface area contributed by atoms with E-state index in [-0.39, 0.29) is 10.6 Å². The Morgan fingerprint density at radius 2 is 1.54 bits per heavy atom. The van der Waals surface area contributed by atoms with Crippen LogP contribution in [0.5, 0.6) is 0 Å². The number of pyridine rings is 1. The highest BCUT2D eigenvalue weighted by Gasteiger charge is 2.21. The van der Waals surface area contributed by atoms with Crippen molar-refractivity contribution in [3.8, 4) is 0 Å². The third kappa shape index (κ3) is 5.74. The van der Waals surface area contributed by atoms with Crippen molar-refractivity contribution in [1.29, 1.82) is 0 Å². The summed E-state index contributed by atoms with van der Waals surface area (Å²) in [4.78, 5) is 4.35. The van der Waals surface area contributed by atoms with Crippen LogP contribution < -0.4 is 10.0 Å². The Balaban J connectivity index is 2.00. The molecule has 0 amide bonds. The van der Waals surface area contributed by atoms with Gasteiger partial charge in [0.2, 0.25) is 20.0 Å². The van der Waals surface area contributed by atoms with Gasteiger partial charge in [0.05, 0.1) is 5.75 Å². The highest BCUT2D eigenvalue weighted by atomic mass is 32.2. The van der Waals surface area contributed by atoms with Gasteiger partial charge >= 0.3 is 0 Å². The molecule has 2 rings (SSSR count). The fourth-order valence-corrected chi connectivity index (χ4v) is 4.77. The van der Waals surface area contributed by atoms with E-state index in [1.165, 1.54) is 23.6 Å². The van der Waals surface area contributed by atoms with Crippen molar-refractivity contribution in [2.24, 2.45) is 0 Å². The van der Waals surface area contributed by atoms with E-state index in [1.54, 1.807) is 32.0 Å². The standard InChI is InChI=1S/C18H26N4O4S2/c1-4-22(5-2)28(25,26)17-10-11-18(21-13-17)20-12-15-6-8-16(9-7-15)14-27(23,24)19-3/h6-11,13,19H,4-5,12,14H2,1-3H3,(H,20,21). The smallest absolute Gasteiger partial charge is 0.244 e. The first kappa shape index (κ1) is 22.3. The van der Waals surface area contributed by atoms with Gasteiger partial charge in [0.15, 0.2) is 0 Å². The topological polar surface area (TPSA) is 108 Å². The van der Waals surface area contributed by atoms with Gasteiger partial charge in [-0.1, -0.05) is 38.1 Å². The fourth-order valence-electron chi connectivity index (χ4n) is 2.59. The van der Waals surface area contributed by atoms with Gasteiger partial charge in [-0.15, -0.1) is 0 Å². The predicted molar refractivity (Wildman–Crippen MR) is 110 cm³/mol. The Bertz CT molecular complexity index is 969. The van der Waals surface area contributed by atoms with Crippen LogP contribution >= 0.6 is 0 Å². The quantitative estimate of drug-likeness (QED) is 0.599. The molecule has 2 N–H and O–H groups in total. The van der Waals surface area contributed by atoms with Crippen molar-refractivity contribution in [1.82, 2.24) is 14.0 Å². The zero-order valence-corrected chi connectivity index (χ0v) is 17.8. The molecule has 1 heterocycles. The van der Waals surface area contributed by atoms with E-state index in [0.717, 1.165) is 5.56 Å². The minimum atomic E-state index is -3.52. The minimum absolute atomic E-state index is 0.0682. The SMILES string of the molecule is CCN(CC)S(=O)(=O)c1ccc(NCc2ccc(CS(=O)(=O)NC)cc2)nc1. The maximum Gasteiger partial charge on any atom is 0.244 e. The first-order valence-corrected chi connectivity index (χ1v) is 12.0. The molecule has 2 aromatic rings. The summed E-state index contributed by atoms with van der Waals surface area (Å²) in [5, 5.41) is 3.13. The Labute approximate surface area is 167 Å². The Hall–Kier alpha value is -2.01. The number of nitrogens with zero attached hydrogens (tertiary/aromatic N) is 2. The van der Waals surface area contributed by atoms with E-state index < -0.39 is 20.0 Å². The van der Waals surface area contributed by atoms with E-state index in [9.17, 15) is 16.8 Å². The molecule has 8 nitrogen and oxygen atoms in total. The molecule has 0 saturated heterocycles. The van der Waals surface area contributed by atoms with Crippen LogP contribution in [0.1, 0.15) is 25.0 Å². The lowest BCUT2D eigenvalue weighted by molar-refractivity contribution is 0.445. The molecule has 0 aliphatic carbocycles. The molecule has 1 aromatic carbocycles. The van der Waals surface area contributed by atoms with E-state index in [0.29, 0.717) is 31.0 Å². The zero-order chi connectivity index (χ0) is 20.8. The zero-order valence-electron chi connectivity index (χ0n) is 16.2. The molecule has 0 saturated carbocycles. The molecule has 0 aliphatic heterocycles. The van der Waals surface area contributed by atoms with Gasteiger partial charge in [-0.25, -0.2) is 26.5 Å². The Kier molecular flexibility index (Phi) is 7.53. The third-order valence-electron chi connectivity index (χ3n) is 4.24. The first-order chi connectivity index (χ1) is 13.2. The number of sulfonamides is 2. The molecule has 0 atom stereocenters. The maximum absolute atomic E-state index is 12.5. The van der Waals surface area contributed by atoms with E-state index in [2.05, 4.69) is 15.0 Å². The summed E-state index contributed by atoms with van der Waals surface area (Å²) in [7, 11) is -5.43. The maximum atomic E-state index is 12.5. The molecule has 28 heavy (non-hydrogen) atoms. The van der Waals surface area contributed by atoms with Crippen molar-refractivity contribution in [3.05, 3.63) is 53.7 Å². The van der Waals surface area contributed by atoms with Gasteiger partial charge in [-0.05, 0) is 30.3 Å². The molecule has 1 aromatic heterocycles. The van der Waals surface area contributed by atoms with Crippen LogP contribution in [-0.2, 0) is 32.3 Å².